The fourth-order valence-corrected chi connectivity index (χ4v) is 1.94. The molecular formula is C16H22O2. The molecule has 0 saturated carbocycles. The second kappa shape index (κ2) is 7.00. The Morgan fingerprint density at radius 3 is 2.11 bits per heavy atom. The molecule has 0 fully saturated rings. The maximum absolute atomic E-state index is 11.7. The van der Waals surface area contributed by atoms with Crippen molar-refractivity contribution in [3.05, 3.63) is 42.0 Å². The van der Waals surface area contributed by atoms with Crippen molar-refractivity contribution in [3.63, 3.8) is 0 Å². The van der Waals surface area contributed by atoms with E-state index in [1.165, 1.54) is 6.08 Å². The van der Waals surface area contributed by atoms with E-state index in [9.17, 15) is 4.79 Å². The lowest BCUT2D eigenvalue weighted by Gasteiger charge is -2.24. The number of hydrogen-bond donors (Lipinski definition) is 0. The number of hydrogen-bond acceptors (Lipinski definition) is 2. The summed E-state index contributed by atoms with van der Waals surface area (Å²) in [5, 5.41) is 0. The van der Waals surface area contributed by atoms with E-state index in [1.807, 2.05) is 30.3 Å². The van der Waals surface area contributed by atoms with Crippen LogP contribution in [0.5, 0.6) is 0 Å². The summed E-state index contributed by atoms with van der Waals surface area (Å²) in [5.74, 6) is 0.393. The van der Waals surface area contributed by atoms with Gasteiger partial charge in [0.05, 0.1) is 0 Å². The molecule has 0 atom stereocenters. The van der Waals surface area contributed by atoms with Gasteiger partial charge in [-0.1, -0.05) is 58.0 Å². The van der Waals surface area contributed by atoms with E-state index in [0.717, 1.165) is 5.56 Å². The minimum absolute atomic E-state index is 0.0297. The highest BCUT2D eigenvalue weighted by atomic mass is 16.5. The van der Waals surface area contributed by atoms with Gasteiger partial charge in [-0.05, 0) is 23.5 Å². The van der Waals surface area contributed by atoms with Crippen LogP contribution in [0.2, 0.25) is 0 Å². The van der Waals surface area contributed by atoms with Crippen LogP contribution in [0, 0.1) is 11.8 Å². The Labute approximate surface area is 110 Å². The molecule has 0 N–H and O–H groups in total. The summed E-state index contributed by atoms with van der Waals surface area (Å²) >= 11 is 0. The van der Waals surface area contributed by atoms with Crippen LogP contribution in [-0.2, 0) is 9.53 Å². The van der Waals surface area contributed by atoms with Gasteiger partial charge in [0.1, 0.15) is 6.10 Å². The van der Waals surface area contributed by atoms with Gasteiger partial charge in [0.2, 0.25) is 0 Å². The molecule has 98 valence electrons. The molecule has 2 heteroatoms. The highest BCUT2D eigenvalue weighted by molar-refractivity contribution is 5.87. The average molecular weight is 246 g/mol. The fourth-order valence-electron chi connectivity index (χ4n) is 1.94. The number of rotatable bonds is 5. The summed E-state index contributed by atoms with van der Waals surface area (Å²) in [7, 11) is 0. The quantitative estimate of drug-likeness (QED) is 0.581. The average Bonchev–Trinajstić information content (AvgIpc) is 2.34. The topological polar surface area (TPSA) is 26.3 Å². The largest absolute Gasteiger partial charge is 0.459 e. The molecule has 18 heavy (non-hydrogen) atoms. The summed E-state index contributed by atoms with van der Waals surface area (Å²) in [6, 6.07) is 9.73. The number of benzene rings is 1. The van der Waals surface area contributed by atoms with Crippen molar-refractivity contribution in [3.8, 4) is 0 Å². The predicted octanol–water partition coefficient (Wildman–Crippen LogP) is 3.92. The van der Waals surface area contributed by atoms with Crippen molar-refractivity contribution in [2.75, 3.05) is 0 Å². The first-order chi connectivity index (χ1) is 8.50. The minimum atomic E-state index is -0.272. The van der Waals surface area contributed by atoms with Gasteiger partial charge >= 0.3 is 5.97 Å². The second-order valence-electron chi connectivity index (χ2n) is 5.13. The molecule has 0 spiro atoms. The van der Waals surface area contributed by atoms with Crippen molar-refractivity contribution >= 4 is 12.0 Å². The van der Waals surface area contributed by atoms with Crippen molar-refractivity contribution in [1.29, 1.82) is 0 Å². The maximum Gasteiger partial charge on any atom is 0.331 e. The van der Waals surface area contributed by atoms with Crippen LogP contribution in [0.4, 0.5) is 0 Å². The van der Waals surface area contributed by atoms with Crippen molar-refractivity contribution in [1.82, 2.24) is 0 Å². The molecule has 1 rings (SSSR count). The number of carbonyl (C=O) groups excluding carboxylic acids is 1. The SMILES string of the molecule is CC(C)C(OC(=O)C=Cc1ccccc1)C(C)C. The van der Waals surface area contributed by atoms with E-state index in [0.29, 0.717) is 11.8 Å². The van der Waals surface area contributed by atoms with Gasteiger partial charge in [0, 0.05) is 6.08 Å². The molecule has 0 aliphatic carbocycles. The van der Waals surface area contributed by atoms with Gasteiger partial charge < -0.3 is 4.74 Å². The van der Waals surface area contributed by atoms with Gasteiger partial charge in [-0.25, -0.2) is 4.79 Å². The first-order valence-electron chi connectivity index (χ1n) is 6.44. The van der Waals surface area contributed by atoms with Crippen molar-refractivity contribution in [2.45, 2.75) is 33.8 Å². The Balaban J connectivity index is 2.58. The lowest BCUT2D eigenvalue weighted by Crippen LogP contribution is -2.28. The van der Waals surface area contributed by atoms with E-state index >= 15 is 0 Å². The molecule has 0 unspecified atom stereocenters. The molecule has 2 nitrogen and oxygen atoms in total. The molecule has 0 aromatic heterocycles. The van der Waals surface area contributed by atoms with Crippen molar-refractivity contribution < 1.29 is 9.53 Å². The van der Waals surface area contributed by atoms with Crippen LogP contribution in [0.1, 0.15) is 33.3 Å². The Morgan fingerprint density at radius 2 is 1.61 bits per heavy atom. The molecule has 0 amide bonds. The zero-order valence-corrected chi connectivity index (χ0v) is 11.6. The van der Waals surface area contributed by atoms with Crippen LogP contribution >= 0.6 is 0 Å². The van der Waals surface area contributed by atoms with E-state index in [4.69, 9.17) is 4.74 Å². The van der Waals surface area contributed by atoms with E-state index < -0.39 is 0 Å². The van der Waals surface area contributed by atoms with Gasteiger partial charge in [0.15, 0.2) is 0 Å². The molecule has 0 saturated heterocycles. The molecule has 1 aromatic carbocycles. The van der Waals surface area contributed by atoms with E-state index in [1.54, 1.807) is 6.08 Å². The molecular weight excluding hydrogens is 224 g/mol. The fraction of sp³-hybridized carbons (Fsp3) is 0.438. The Morgan fingerprint density at radius 1 is 1.06 bits per heavy atom. The highest BCUT2D eigenvalue weighted by Crippen LogP contribution is 2.16. The lowest BCUT2D eigenvalue weighted by atomic mass is 9.96. The minimum Gasteiger partial charge on any atom is -0.459 e. The summed E-state index contributed by atoms with van der Waals surface area (Å²) in [5.41, 5.74) is 1.00. The molecule has 1 aromatic rings. The predicted molar refractivity (Wildman–Crippen MR) is 75.0 cm³/mol. The first-order valence-corrected chi connectivity index (χ1v) is 6.44. The number of ether oxygens (including phenoxy) is 1. The number of carbonyl (C=O) groups is 1. The number of esters is 1. The highest BCUT2D eigenvalue weighted by Gasteiger charge is 2.20. The summed E-state index contributed by atoms with van der Waals surface area (Å²) in [4.78, 5) is 11.7. The van der Waals surface area contributed by atoms with E-state index in [-0.39, 0.29) is 12.1 Å². The summed E-state index contributed by atoms with van der Waals surface area (Å²) in [6.07, 6.45) is 3.24. The van der Waals surface area contributed by atoms with Crippen LogP contribution in [0.3, 0.4) is 0 Å². The Bertz CT molecular complexity index is 383. The Kier molecular flexibility index (Phi) is 5.63. The smallest absolute Gasteiger partial charge is 0.331 e. The Hall–Kier alpha value is -1.57. The second-order valence-corrected chi connectivity index (χ2v) is 5.13. The lowest BCUT2D eigenvalue weighted by molar-refractivity contribution is -0.147. The third-order valence-corrected chi connectivity index (χ3v) is 2.78. The maximum atomic E-state index is 11.7. The van der Waals surface area contributed by atoms with Crippen molar-refractivity contribution in [2.24, 2.45) is 11.8 Å². The zero-order valence-electron chi connectivity index (χ0n) is 11.6. The molecule has 0 heterocycles. The normalized spacial score (nSPS) is 11.7. The van der Waals surface area contributed by atoms with Gasteiger partial charge in [-0.15, -0.1) is 0 Å². The zero-order chi connectivity index (χ0) is 13.5. The van der Waals surface area contributed by atoms with Crippen LogP contribution < -0.4 is 0 Å². The van der Waals surface area contributed by atoms with Gasteiger partial charge in [0.25, 0.3) is 0 Å². The van der Waals surface area contributed by atoms with E-state index in [2.05, 4.69) is 27.7 Å². The van der Waals surface area contributed by atoms with Crippen LogP contribution in [0.15, 0.2) is 36.4 Å². The molecule has 0 aliphatic rings. The summed E-state index contributed by atoms with van der Waals surface area (Å²) in [6.45, 7) is 8.27. The molecule has 0 aliphatic heterocycles. The summed E-state index contributed by atoms with van der Waals surface area (Å²) < 4.78 is 5.47. The van der Waals surface area contributed by atoms with Gasteiger partial charge in [-0.2, -0.15) is 0 Å². The third kappa shape index (κ3) is 4.74. The molecule has 0 bridgehead atoms. The standard InChI is InChI=1S/C16H22O2/c1-12(2)16(13(3)4)18-15(17)11-10-14-8-6-5-7-9-14/h5-13,16H,1-4H3. The van der Waals surface area contributed by atoms with Gasteiger partial charge in [-0.3, -0.25) is 0 Å². The first kappa shape index (κ1) is 14.5. The third-order valence-electron chi connectivity index (χ3n) is 2.78. The molecule has 0 radical (unpaired) electrons. The monoisotopic (exact) mass is 246 g/mol. The van der Waals surface area contributed by atoms with Crippen LogP contribution in [-0.4, -0.2) is 12.1 Å². The van der Waals surface area contributed by atoms with Crippen LogP contribution in [0.25, 0.3) is 6.08 Å².